The van der Waals surface area contributed by atoms with Gasteiger partial charge in [-0.05, 0) is 31.0 Å². The maximum atomic E-state index is 11.9. The van der Waals surface area contributed by atoms with Crippen LogP contribution in [-0.4, -0.2) is 58.8 Å². The lowest BCUT2D eigenvalue weighted by Crippen LogP contribution is -2.52. The first kappa shape index (κ1) is 26.3. The van der Waals surface area contributed by atoms with Crippen molar-refractivity contribution >= 4 is 58.2 Å². The number of carbonyl (C=O) groups is 1. The highest BCUT2D eigenvalue weighted by Gasteiger charge is 2.22. The molecule has 8 nitrogen and oxygen atoms in total. The Kier molecular flexibility index (Phi) is 11.1. The van der Waals surface area contributed by atoms with E-state index in [-0.39, 0.29) is 29.9 Å². The predicted octanol–water partition coefficient (Wildman–Crippen LogP) is 3.74. The monoisotopic (exact) mass is 571 g/mol. The van der Waals surface area contributed by atoms with Gasteiger partial charge in [-0.15, -0.1) is 24.0 Å². The van der Waals surface area contributed by atoms with Gasteiger partial charge < -0.3 is 20.4 Å². The number of anilines is 2. The number of guanidine groups is 1. The number of aryl methyl sites for hydroxylation is 1. The van der Waals surface area contributed by atoms with Crippen molar-refractivity contribution in [1.82, 2.24) is 19.6 Å². The third-order valence-electron chi connectivity index (χ3n) is 5.06. The van der Waals surface area contributed by atoms with Crippen molar-refractivity contribution in [3.8, 4) is 0 Å². The van der Waals surface area contributed by atoms with Gasteiger partial charge in [-0.1, -0.05) is 26.0 Å². The molecule has 176 valence electrons. The molecule has 1 fully saturated rings. The summed E-state index contributed by atoms with van der Waals surface area (Å²) in [6.07, 6.45) is 2.25. The molecule has 2 heterocycles. The number of piperazine rings is 1. The number of carbonyl (C=O) groups excluding carboxylic acids is 1. The molecule has 0 spiro atoms. The minimum atomic E-state index is 0. The Morgan fingerprint density at radius 2 is 1.97 bits per heavy atom. The summed E-state index contributed by atoms with van der Waals surface area (Å²) in [5.74, 6) is 1.90. The minimum Gasteiger partial charge on any atom is -0.357 e. The number of rotatable bonds is 8. The Hall–Kier alpha value is -1.95. The van der Waals surface area contributed by atoms with Gasteiger partial charge in [0.1, 0.15) is 5.82 Å². The van der Waals surface area contributed by atoms with E-state index in [0.29, 0.717) is 13.0 Å². The fraction of sp³-hybridized carbons (Fsp3) is 0.545. The molecule has 1 amide bonds. The molecule has 0 radical (unpaired) electrons. The normalized spacial score (nSPS) is 14.2. The predicted molar refractivity (Wildman–Crippen MR) is 143 cm³/mol. The van der Waals surface area contributed by atoms with Gasteiger partial charge in [-0.3, -0.25) is 4.79 Å². The second-order valence-electron chi connectivity index (χ2n) is 7.49. The van der Waals surface area contributed by atoms with Crippen LogP contribution < -0.4 is 15.5 Å². The summed E-state index contributed by atoms with van der Waals surface area (Å²) in [6, 6.07) is 7.92. The molecule has 1 aliphatic heterocycles. The molecule has 2 N–H and O–H groups in total. The van der Waals surface area contributed by atoms with Crippen LogP contribution in [0.2, 0.25) is 0 Å². The Morgan fingerprint density at radius 3 is 2.62 bits per heavy atom. The quantitative estimate of drug-likeness (QED) is 0.285. The number of nitrogens with zero attached hydrogens (tertiary/aromatic N) is 5. The lowest BCUT2D eigenvalue weighted by Gasteiger charge is -2.36. The second kappa shape index (κ2) is 13.6. The van der Waals surface area contributed by atoms with Crippen molar-refractivity contribution in [3.05, 3.63) is 35.7 Å². The Labute approximate surface area is 212 Å². The van der Waals surface area contributed by atoms with Crippen molar-refractivity contribution in [2.24, 2.45) is 4.99 Å². The van der Waals surface area contributed by atoms with Crippen LogP contribution in [0.15, 0.2) is 29.3 Å². The van der Waals surface area contributed by atoms with Gasteiger partial charge in [0.2, 0.25) is 11.0 Å². The van der Waals surface area contributed by atoms with Crippen LogP contribution in [0.4, 0.5) is 10.8 Å². The maximum absolute atomic E-state index is 11.9. The van der Waals surface area contributed by atoms with Crippen molar-refractivity contribution in [1.29, 1.82) is 0 Å². The summed E-state index contributed by atoms with van der Waals surface area (Å²) in [5, 5.41) is 7.39. The van der Waals surface area contributed by atoms with Crippen LogP contribution in [0.5, 0.6) is 0 Å². The zero-order chi connectivity index (χ0) is 22.1. The minimum absolute atomic E-state index is 0. The molecule has 10 heteroatoms. The molecule has 32 heavy (non-hydrogen) atoms. The molecule has 1 aromatic heterocycles. The lowest BCUT2D eigenvalue weighted by molar-refractivity contribution is -0.116. The standard InChI is InChI=1S/C22H33N7OS.HI/c1-4-8-20(30)25-18-10-7-9-17(15-18)16-24-21(23-6-3)28-11-13-29(14-12-28)22-26-19(5-2)27-31-22;/h7,9-10,15H,4-6,8,11-14,16H2,1-3H3,(H,23,24)(H,25,30);1H. The number of aromatic nitrogens is 2. The zero-order valence-corrected chi connectivity index (χ0v) is 22.3. The molecular weight excluding hydrogens is 537 g/mol. The van der Waals surface area contributed by atoms with Gasteiger partial charge in [0.15, 0.2) is 5.96 Å². The highest BCUT2D eigenvalue weighted by atomic mass is 127. The van der Waals surface area contributed by atoms with Crippen LogP contribution in [0, 0.1) is 0 Å². The van der Waals surface area contributed by atoms with E-state index < -0.39 is 0 Å². The number of nitrogens with one attached hydrogen (secondary N) is 2. The van der Waals surface area contributed by atoms with Crippen molar-refractivity contribution in [3.63, 3.8) is 0 Å². The number of amides is 1. The van der Waals surface area contributed by atoms with Crippen LogP contribution in [0.1, 0.15) is 45.0 Å². The van der Waals surface area contributed by atoms with E-state index in [2.05, 4.69) is 43.6 Å². The molecule has 0 bridgehead atoms. The van der Waals surface area contributed by atoms with E-state index in [0.717, 1.165) is 73.7 Å². The first-order valence-corrected chi connectivity index (χ1v) is 11.9. The van der Waals surface area contributed by atoms with Gasteiger partial charge in [0, 0.05) is 62.8 Å². The molecule has 3 rings (SSSR count). The maximum Gasteiger partial charge on any atom is 0.224 e. The molecule has 0 atom stereocenters. The van der Waals surface area contributed by atoms with E-state index in [4.69, 9.17) is 4.99 Å². The zero-order valence-electron chi connectivity index (χ0n) is 19.1. The van der Waals surface area contributed by atoms with Gasteiger partial charge in [-0.25, -0.2) is 9.98 Å². The number of halogens is 1. The van der Waals surface area contributed by atoms with E-state index in [1.165, 1.54) is 11.5 Å². The van der Waals surface area contributed by atoms with E-state index >= 15 is 0 Å². The van der Waals surface area contributed by atoms with Gasteiger partial charge in [-0.2, -0.15) is 4.37 Å². The Bertz CT molecular complexity index is 881. The summed E-state index contributed by atoms with van der Waals surface area (Å²) in [5.41, 5.74) is 1.90. The average molecular weight is 572 g/mol. The Balaban J connectivity index is 0.00000363. The van der Waals surface area contributed by atoms with Crippen molar-refractivity contribution in [2.45, 2.75) is 46.6 Å². The summed E-state index contributed by atoms with van der Waals surface area (Å²) in [7, 11) is 0. The SMILES string of the molecule is CCCC(=O)Nc1cccc(CN=C(NCC)N2CCN(c3nc(CC)ns3)CC2)c1.I. The molecule has 1 aromatic carbocycles. The molecule has 2 aromatic rings. The summed E-state index contributed by atoms with van der Waals surface area (Å²) >= 11 is 1.49. The molecule has 1 saturated heterocycles. The van der Waals surface area contributed by atoms with Gasteiger partial charge in [0.25, 0.3) is 0 Å². The fourth-order valence-corrected chi connectivity index (χ4v) is 4.22. The van der Waals surface area contributed by atoms with Crippen LogP contribution >= 0.6 is 35.5 Å². The van der Waals surface area contributed by atoms with E-state index in [1.807, 2.05) is 31.2 Å². The van der Waals surface area contributed by atoms with Crippen LogP contribution in [0.25, 0.3) is 0 Å². The van der Waals surface area contributed by atoms with Crippen LogP contribution in [0.3, 0.4) is 0 Å². The first-order valence-electron chi connectivity index (χ1n) is 11.1. The van der Waals surface area contributed by atoms with Crippen molar-refractivity contribution < 1.29 is 4.79 Å². The summed E-state index contributed by atoms with van der Waals surface area (Å²) in [6.45, 7) is 11.1. The lowest BCUT2D eigenvalue weighted by atomic mass is 10.2. The number of hydrogen-bond donors (Lipinski definition) is 2. The molecule has 1 aliphatic rings. The van der Waals surface area contributed by atoms with Crippen molar-refractivity contribution in [2.75, 3.05) is 42.9 Å². The molecule has 0 saturated carbocycles. The smallest absolute Gasteiger partial charge is 0.224 e. The number of aliphatic imine (C=N–C) groups is 1. The second-order valence-corrected chi connectivity index (χ2v) is 8.22. The third-order valence-corrected chi connectivity index (χ3v) is 5.87. The van der Waals surface area contributed by atoms with Crippen LogP contribution in [-0.2, 0) is 17.8 Å². The average Bonchev–Trinajstić information content (AvgIpc) is 3.27. The molecule has 0 unspecified atom stereocenters. The van der Waals surface area contributed by atoms with E-state index in [9.17, 15) is 4.79 Å². The third kappa shape index (κ3) is 7.58. The highest BCUT2D eigenvalue weighted by Crippen LogP contribution is 2.19. The molecule has 0 aliphatic carbocycles. The van der Waals surface area contributed by atoms with E-state index in [1.54, 1.807) is 0 Å². The first-order chi connectivity index (χ1) is 15.1. The number of benzene rings is 1. The highest BCUT2D eigenvalue weighted by molar-refractivity contribution is 14.0. The van der Waals surface area contributed by atoms with Gasteiger partial charge >= 0.3 is 0 Å². The number of hydrogen-bond acceptors (Lipinski definition) is 6. The summed E-state index contributed by atoms with van der Waals surface area (Å²) in [4.78, 5) is 25.9. The largest absolute Gasteiger partial charge is 0.357 e. The Morgan fingerprint density at radius 1 is 1.19 bits per heavy atom. The topological polar surface area (TPSA) is 85.8 Å². The molecular formula is C22H34IN7OS. The van der Waals surface area contributed by atoms with Gasteiger partial charge in [0.05, 0.1) is 6.54 Å². The fourth-order valence-electron chi connectivity index (χ4n) is 3.42. The summed E-state index contributed by atoms with van der Waals surface area (Å²) < 4.78 is 4.40.